The standard InChI is InChI=1S/C18H16F3N5O/c1-9-15(16(22)27)24-17(23-9)11-4-6-12(7-5-11)26-14(18(19,20)21)8-13(25-26)10-2-3-10/h4-8,10H,2-3H2,1H3,(H2,22,27)(H,23,24). The van der Waals surface area contributed by atoms with E-state index in [-0.39, 0.29) is 11.6 Å². The van der Waals surface area contributed by atoms with Crippen LogP contribution in [0, 0.1) is 6.92 Å². The molecule has 3 aromatic rings. The molecule has 0 aliphatic heterocycles. The van der Waals surface area contributed by atoms with Gasteiger partial charge in [0.05, 0.1) is 17.1 Å². The van der Waals surface area contributed by atoms with Crippen molar-refractivity contribution >= 4 is 5.91 Å². The van der Waals surface area contributed by atoms with Gasteiger partial charge in [0.1, 0.15) is 17.2 Å². The number of hydrogen-bond acceptors (Lipinski definition) is 3. The maximum Gasteiger partial charge on any atom is 0.433 e. The SMILES string of the molecule is Cc1nc(-c2ccc(-n3nc(C4CC4)cc3C(F)(F)F)cc2)[nH]c1C(N)=O. The van der Waals surface area contributed by atoms with Gasteiger partial charge in [-0.15, -0.1) is 0 Å². The number of carbonyl (C=O) groups is 1. The van der Waals surface area contributed by atoms with Crippen molar-refractivity contribution in [3.8, 4) is 17.1 Å². The molecule has 140 valence electrons. The number of halogens is 3. The van der Waals surface area contributed by atoms with Crippen LogP contribution < -0.4 is 5.73 Å². The van der Waals surface area contributed by atoms with E-state index in [2.05, 4.69) is 15.1 Å². The summed E-state index contributed by atoms with van der Waals surface area (Å²) in [6.07, 6.45) is -2.76. The zero-order chi connectivity index (χ0) is 19.3. The molecular formula is C18H16F3N5O. The Hall–Kier alpha value is -3.10. The van der Waals surface area contributed by atoms with Gasteiger partial charge in [-0.2, -0.15) is 18.3 Å². The van der Waals surface area contributed by atoms with Crippen molar-refractivity contribution in [2.45, 2.75) is 31.9 Å². The quantitative estimate of drug-likeness (QED) is 0.731. The van der Waals surface area contributed by atoms with Gasteiger partial charge < -0.3 is 10.7 Å². The molecule has 0 spiro atoms. The molecule has 0 bridgehead atoms. The number of amides is 1. The van der Waals surface area contributed by atoms with Crippen molar-refractivity contribution in [3.05, 3.63) is 53.1 Å². The lowest BCUT2D eigenvalue weighted by atomic mass is 10.2. The number of aromatic amines is 1. The van der Waals surface area contributed by atoms with Crippen LogP contribution in [0.5, 0.6) is 0 Å². The van der Waals surface area contributed by atoms with Gasteiger partial charge in [-0.1, -0.05) is 0 Å². The third-order valence-corrected chi connectivity index (χ3v) is 4.53. The van der Waals surface area contributed by atoms with Gasteiger partial charge in [-0.25, -0.2) is 9.67 Å². The number of nitrogens with one attached hydrogen (secondary N) is 1. The lowest BCUT2D eigenvalue weighted by Gasteiger charge is -2.10. The second-order valence-electron chi connectivity index (χ2n) is 6.60. The molecule has 1 saturated carbocycles. The molecular weight excluding hydrogens is 359 g/mol. The molecule has 0 saturated heterocycles. The Morgan fingerprint density at radius 1 is 1.26 bits per heavy atom. The number of nitrogens with zero attached hydrogens (tertiary/aromatic N) is 3. The predicted octanol–water partition coefficient (Wildman–Crippen LogP) is 3.57. The molecule has 4 rings (SSSR count). The van der Waals surface area contributed by atoms with Gasteiger partial charge in [0.2, 0.25) is 0 Å². The topological polar surface area (TPSA) is 89.6 Å². The molecule has 1 amide bonds. The zero-order valence-corrected chi connectivity index (χ0v) is 14.3. The van der Waals surface area contributed by atoms with Crippen LogP contribution in [0.15, 0.2) is 30.3 Å². The fraction of sp³-hybridized carbons (Fsp3) is 0.278. The fourth-order valence-corrected chi connectivity index (χ4v) is 2.97. The smallest absolute Gasteiger partial charge is 0.364 e. The van der Waals surface area contributed by atoms with E-state index in [1.54, 1.807) is 19.1 Å². The third-order valence-electron chi connectivity index (χ3n) is 4.53. The number of carbonyl (C=O) groups excluding carboxylic acids is 1. The van der Waals surface area contributed by atoms with Crippen LogP contribution in [-0.2, 0) is 6.18 Å². The highest BCUT2D eigenvalue weighted by Gasteiger charge is 2.38. The van der Waals surface area contributed by atoms with Gasteiger partial charge >= 0.3 is 6.18 Å². The number of alkyl halides is 3. The van der Waals surface area contributed by atoms with E-state index < -0.39 is 17.8 Å². The summed E-state index contributed by atoms with van der Waals surface area (Å²) in [6.45, 7) is 1.65. The summed E-state index contributed by atoms with van der Waals surface area (Å²) in [5, 5.41) is 4.16. The minimum atomic E-state index is -4.49. The van der Waals surface area contributed by atoms with Crippen molar-refractivity contribution in [2.24, 2.45) is 5.73 Å². The monoisotopic (exact) mass is 375 g/mol. The molecule has 6 nitrogen and oxygen atoms in total. The van der Waals surface area contributed by atoms with Gasteiger partial charge in [0, 0.05) is 11.5 Å². The van der Waals surface area contributed by atoms with Crippen LogP contribution >= 0.6 is 0 Å². The van der Waals surface area contributed by atoms with Crippen LogP contribution in [0.1, 0.15) is 46.3 Å². The van der Waals surface area contributed by atoms with Crippen LogP contribution in [0.2, 0.25) is 0 Å². The van der Waals surface area contributed by atoms with Crippen LogP contribution in [0.3, 0.4) is 0 Å². The highest BCUT2D eigenvalue weighted by atomic mass is 19.4. The van der Waals surface area contributed by atoms with Crippen molar-refractivity contribution in [1.29, 1.82) is 0 Å². The summed E-state index contributed by atoms with van der Waals surface area (Å²) in [4.78, 5) is 18.4. The average molecular weight is 375 g/mol. The first kappa shape index (κ1) is 17.3. The second kappa shape index (κ2) is 5.97. The maximum atomic E-state index is 13.4. The molecule has 2 aromatic heterocycles. The lowest BCUT2D eigenvalue weighted by Crippen LogP contribution is -2.13. The minimum absolute atomic E-state index is 0.116. The number of aromatic nitrogens is 4. The molecule has 2 heterocycles. The highest BCUT2D eigenvalue weighted by Crippen LogP contribution is 2.42. The Morgan fingerprint density at radius 2 is 1.93 bits per heavy atom. The first-order chi connectivity index (χ1) is 12.7. The largest absolute Gasteiger partial charge is 0.433 e. The molecule has 1 aromatic carbocycles. The average Bonchev–Trinajstić information content (AvgIpc) is 3.22. The summed E-state index contributed by atoms with van der Waals surface area (Å²) in [5.74, 6) is -0.0881. The Kier molecular flexibility index (Phi) is 3.83. The number of primary amides is 1. The maximum absolute atomic E-state index is 13.4. The number of imidazole rings is 1. The molecule has 3 N–H and O–H groups in total. The summed E-state index contributed by atoms with van der Waals surface area (Å²) in [6, 6.07) is 7.45. The molecule has 1 fully saturated rings. The molecule has 27 heavy (non-hydrogen) atoms. The molecule has 9 heteroatoms. The number of H-pyrrole nitrogens is 1. The lowest BCUT2D eigenvalue weighted by molar-refractivity contribution is -0.142. The van der Waals surface area contributed by atoms with Crippen LogP contribution in [0.25, 0.3) is 17.1 Å². The Morgan fingerprint density at radius 3 is 2.44 bits per heavy atom. The van der Waals surface area contributed by atoms with Crippen LogP contribution in [-0.4, -0.2) is 25.7 Å². The molecule has 0 radical (unpaired) electrons. The van der Waals surface area contributed by atoms with E-state index in [0.29, 0.717) is 28.5 Å². The van der Waals surface area contributed by atoms with Gasteiger partial charge in [0.15, 0.2) is 0 Å². The zero-order valence-electron chi connectivity index (χ0n) is 14.3. The Labute approximate surface area is 152 Å². The predicted molar refractivity (Wildman–Crippen MR) is 91.4 cm³/mol. The summed E-state index contributed by atoms with van der Waals surface area (Å²) in [7, 11) is 0. The number of nitrogens with two attached hydrogens (primary N) is 1. The summed E-state index contributed by atoms with van der Waals surface area (Å²) < 4.78 is 41.1. The van der Waals surface area contributed by atoms with E-state index >= 15 is 0 Å². The van der Waals surface area contributed by atoms with E-state index in [1.807, 2.05) is 0 Å². The van der Waals surface area contributed by atoms with Crippen LogP contribution in [0.4, 0.5) is 13.2 Å². The van der Waals surface area contributed by atoms with Crippen molar-refractivity contribution < 1.29 is 18.0 Å². The number of benzene rings is 1. The van der Waals surface area contributed by atoms with E-state index in [0.717, 1.165) is 23.6 Å². The third kappa shape index (κ3) is 3.20. The van der Waals surface area contributed by atoms with E-state index in [1.165, 1.54) is 12.1 Å². The normalized spacial score (nSPS) is 14.5. The van der Waals surface area contributed by atoms with E-state index in [4.69, 9.17) is 5.73 Å². The number of rotatable bonds is 4. The van der Waals surface area contributed by atoms with Crippen molar-refractivity contribution in [2.75, 3.05) is 0 Å². The van der Waals surface area contributed by atoms with Gasteiger partial charge in [0.25, 0.3) is 5.91 Å². The minimum Gasteiger partial charge on any atom is -0.364 e. The molecule has 1 aliphatic carbocycles. The number of aryl methyl sites for hydroxylation is 1. The highest BCUT2D eigenvalue weighted by molar-refractivity contribution is 5.92. The first-order valence-electron chi connectivity index (χ1n) is 8.38. The van der Waals surface area contributed by atoms with Gasteiger partial charge in [-0.3, -0.25) is 4.79 Å². The summed E-state index contributed by atoms with van der Waals surface area (Å²) >= 11 is 0. The molecule has 1 aliphatic rings. The van der Waals surface area contributed by atoms with E-state index in [9.17, 15) is 18.0 Å². The molecule has 0 atom stereocenters. The fourth-order valence-electron chi connectivity index (χ4n) is 2.97. The molecule has 0 unspecified atom stereocenters. The Bertz CT molecular complexity index is 1010. The van der Waals surface area contributed by atoms with Gasteiger partial charge in [-0.05, 0) is 50.1 Å². The number of hydrogen-bond donors (Lipinski definition) is 2. The van der Waals surface area contributed by atoms with Crippen molar-refractivity contribution in [1.82, 2.24) is 19.7 Å². The van der Waals surface area contributed by atoms with Crippen molar-refractivity contribution in [3.63, 3.8) is 0 Å². The Balaban J connectivity index is 1.70. The first-order valence-corrected chi connectivity index (χ1v) is 8.38. The summed E-state index contributed by atoms with van der Waals surface area (Å²) in [5.41, 5.74) is 6.54. The second-order valence-corrected chi connectivity index (χ2v) is 6.60.